The molecule has 0 fully saturated rings. The van der Waals surface area contributed by atoms with Crippen molar-refractivity contribution in [2.75, 3.05) is 14.2 Å². The lowest BCUT2D eigenvalue weighted by Gasteiger charge is -2.09. The number of hydrogen-bond acceptors (Lipinski definition) is 6. The summed E-state index contributed by atoms with van der Waals surface area (Å²) >= 11 is 6.29. The van der Waals surface area contributed by atoms with Gasteiger partial charge in [-0.25, -0.2) is 0 Å². The number of hydrogen-bond donors (Lipinski definition) is 1. The number of rotatable bonds is 5. The molecule has 128 valence electrons. The van der Waals surface area contributed by atoms with Gasteiger partial charge in [-0.2, -0.15) is 4.98 Å². The first kappa shape index (κ1) is 16.9. The van der Waals surface area contributed by atoms with Gasteiger partial charge in [-0.3, -0.25) is 0 Å². The molecule has 0 aliphatic carbocycles. The average Bonchev–Trinajstić information content (AvgIpc) is 3.14. The summed E-state index contributed by atoms with van der Waals surface area (Å²) in [4.78, 5) is 4.29. The zero-order chi connectivity index (χ0) is 17.8. The van der Waals surface area contributed by atoms with Crippen LogP contribution in [0.15, 0.2) is 47.0 Å². The Balaban J connectivity index is 1.93. The fourth-order valence-corrected chi connectivity index (χ4v) is 2.43. The maximum atomic E-state index is 9.95. The van der Waals surface area contributed by atoms with Gasteiger partial charge in [-0.05, 0) is 23.8 Å². The van der Waals surface area contributed by atoms with Crippen LogP contribution in [-0.2, 0) is 0 Å². The highest BCUT2D eigenvalue weighted by Crippen LogP contribution is 2.38. The predicted octanol–water partition coefficient (Wildman–Crippen LogP) is 4.20. The molecule has 3 rings (SSSR count). The molecule has 0 radical (unpaired) electrons. The van der Waals surface area contributed by atoms with Gasteiger partial charge in [0.15, 0.2) is 11.5 Å². The summed E-state index contributed by atoms with van der Waals surface area (Å²) in [6.07, 6.45) is 1.62. The van der Waals surface area contributed by atoms with Gasteiger partial charge in [-0.15, -0.1) is 0 Å². The number of benzene rings is 2. The molecular formula is C18H15ClN2O4. The van der Waals surface area contributed by atoms with E-state index in [1.54, 1.807) is 18.2 Å². The minimum atomic E-state index is -0.0811. The molecule has 25 heavy (non-hydrogen) atoms. The van der Waals surface area contributed by atoms with E-state index in [1.807, 2.05) is 30.3 Å². The van der Waals surface area contributed by atoms with Gasteiger partial charge in [0.1, 0.15) is 5.03 Å². The largest absolute Gasteiger partial charge is 0.502 e. The molecule has 0 amide bonds. The third kappa shape index (κ3) is 3.59. The molecule has 6 nitrogen and oxygen atoms in total. The molecule has 1 N–H and O–H groups in total. The van der Waals surface area contributed by atoms with Crippen LogP contribution in [0, 0.1) is 0 Å². The van der Waals surface area contributed by atoms with Crippen LogP contribution in [0.5, 0.6) is 17.2 Å². The Morgan fingerprint density at radius 3 is 2.36 bits per heavy atom. The van der Waals surface area contributed by atoms with E-state index in [1.165, 1.54) is 14.2 Å². The number of aromatic hydroxyl groups is 1. The van der Waals surface area contributed by atoms with Crippen LogP contribution in [-0.4, -0.2) is 29.5 Å². The summed E-state index contributed by atoms with van der Waals surface area (Å²) in [6.45, 7) is 0. The summed E-state index contributed by atoms with van der Waals surface area (Å²) in [6, 6.07) is 12.7. The number of halogens is 1. The lowest BCUT2D eigenvalue weighted by atomic mass is 10.1. The average molecular weight is 359 g/mol. The van der Waals surface area contributed by atoms with E-state index < -0.39 is 0 Å². The van der Waals surface area contributed by atoms with Gasteiger partial charge in [0.2, 0.25) is 11.6 Å². The van der Waals surface area contributed by atoms with Gasteiger partial charge >= 0.3 is 0 Å². The number of methoxy groups -OCH3 is 2. The van der Waals surface area contributed by atoms with Crippen molar-refractivity contribution in [3.8, 4) is 28.6 Å². The number of nitrogens with zero attached hydrogens (tertiary/aromatic N) is 2. The SMILES string of the molecule is COc1cc(/C=C(\Cl)c2nc(-c3ccccc3)no2)cc(OC)c1O. The number of phenols is 1. The summed E-state index contributed by atoms with van der Waals surface area (Å²) in [7, 11) is 2.90. The molecule has 0 saturated carbocycles. The molecule has 0 unspecified atom stereocenters. The standard InChI is InChI=1S/C18H15ClN2O4/c1-23-14-9-11(10-15(24-2)16(14)22)8-13(19)18-20-17(21-25-18)12-6-4-3-5-7-12/h3-10,22H,1-2H3/b13-8-. The lowest BCUT2D eigenvalue weighted by molar-refractivity contribution is 0.340. The van der Waals surface area contributed by atoms with E-state index >= 15 is 0 Å². The fourth-order valence-electron chi connectivity index (χ4n) is 2.23. The molecule has 3 aromatic rings. The highest BCUT2D eigenvalue weighted by molar-refractivity contribution is 6.50. The van der Waals surface area contributed by atoms with Crippen molar-refractivity contribution in [1.29, 1.82) is 0 Å². The highest BCUT2D eigenvalue weighted by atomic mass is 35.5. The molecule has 2 aromatic carbocycles. The second-order valence-electron chi connectivity index (χ2n) is 5.06. The van der Waals surface area contributed by atoms with Crippen molar-refractivity contribution < 1.29 is 19.1 Å². The first-order valence-corrected chi connectivity index (χ1v) is 7.72. The second-order valence-corrected chi connectivity index (χ2v) is 5.46. The highest BCUT2D eigenvalue weighted by Gasteiger charge is 2.14. The van der Waals surface area contributed by atoms with Crippen LogP contribution in [0.3, 0.4) is 0 Å². The van der Waals surface area contributed by atoms with Gasteiger partial charge in [0.25, 0.3) is 5.89 Å². The van der Waals surface area contributed by atoms with Gasteiger partial charge < -0.3 is 19.1 Å². The fraction of sp³-hybridized carbons (Fsp3) is 0.111. The Kier molecular flexibility index (Phi) is 4.90. The maximum Gasteiger partial charge on any atom is 0.269 e. The molecule has 1 aromatic heterocycles. The van der Waals surface area contributed by atoms with Crippen LogP contribution in [0.2, 0.25) is 0 Å². The van der Waals surface area contributed by atoms with E-state index in [2.05, 4.69) is 10.1 Å². The zero-order valence-electron chi connectivity index (χ0n) is 13.6. The Morgan fingerprint density at radius 1 is 1.12 bits per heavy atom. The van der Waals surface area contributed by atoms with Gasteiger partial charge in [0, 0.05) is 5.56 Å². The van der Waals surface area contributed by atoms with Crippen LogP contribution in [0.4, 0.5) is 0 Å². The Morgan fingerprint density at radius 2 is 1.76 bits per heavy atom. The summed E-state index contributed by atoms with van der Waals surface area (Å²) < 4.78 is 15.5. The second kappa shape index (κ2) is 7.27. The van der Waals surface area contributed by atoms with Gasteiger partial charge in [0.05, 0.1) is 14.2 Å². The molecule has 0 saturated heterocycles. The molecule has 0 bridgehead atoms. The number of aromatic nitrogens is 2. The molecular weight excluding hydrogens is 344 g/mol. The van der Waals surface area contributed by atoms with Crippen LogP contribution >= 0.6 is 11.6 Å². The number of phenolic OH excluding ortho intramolecular Hbond substituents is 1. The molecule has 0 aliphatic rings. The van der Waals surface area contributed by atoms with Crippen LogP contribution in [0.25, 0.3) is 22.5 Å². The molecule has 0 aliphatic heterocycles. The molecule has 0 spiro atoms. The van der Waals surface area contributed by atoms with Crippen molar-refractivity contribution in [3.63, 3.8) is 0 Å². The van der Waals surface area contributed by atoms with Crippen LogP contribution in [0.1, 0.15) is 11.5 Å². The smallest absolute Gasteiger partial charge is 0.269 e. The van der Waals surface area contributed by atoms with Crippen molar-refractivity contribution in [2.45, 2.75) is 0 Å². The van der Waals surface area contributed by atoms with E-state index in [-0.39, 0.29) is 28.2 Å². The zero-order valence-corrected chi connectivity index (χ0v) is 14.3. The minimum absolute atomic E-state index is 0.0811. The summed E-state index contributed by atoms with van der Waals surface area (Å²) in [5.74, 6) is 1.09. The summed E-state index contributed by atoms with van der Waals surface area (Å²) in [5.41, 5.74) is 1.48. The lowest BCUT2D eigenvalue weighted by Crippen LogP contribution is -1.90. The monoisotopic (exact) mass is 358 g/mol. The number of ether oxygens (including phenoxy) is 2. The third-order valence-electron chi connectivity index (χ3n) is 3.46. The topological polar surface area (TPSA) is 77.6 Å². The van der Waals surface area contributed by atoms with E-state index in [0.29, 0.717) is 11.4 Å². The van der Waals surface area contributed by atoms with E-state index in [0.717, 1.165) is 5.56 Å². The van der Waals surface area contributed by atoms with Crippen molar-refractivity contribution >= 4 is 22.7 Å². The predicted molar refractivity (Wildman–Crippen MR) is 94.7 cm³/mol. The third-order valence-corrected chi connectivity index (χ3v) is 3.73. The molecule has 0 atom stereocenters. The normalized spacial score (nSPS) is 11.4. The van der Waals surface area contributed by atoms with Crippen molar-refractivity contribution in [2.24, 2.45) is 0 Å². The first-order chi connectivity index (χ1) is 12.1. The first-order valence-electron chi connectivity index (χ1n) is 7.34. The molecule has 7 heteroatoms. The quantitative estimate of drug-likeness (QED) is 0.736. The van der Waals surface area contributed by atoms with E-state index in [9.17, 15) is 5.11 Å². The van der Waals surface area contributed by atoms with Crippen molar-refractivity contribution in [3.05, 3.63) is 53.9 Å². The maximum absolute atomic E-state index is 9.95. The van der Waals surface area contributed by atoms with Crippen molar-refractivity contribution in [1.82, 2.24) is 10.1 Å². The Labute approximate surface area is 149 Å². The van der Waals surface area contributed by atoms with E-state index in [4.69, 9.17) is 25.6 Å². The Bertz CT molecular complexity index is 881. The minimum Gasteiger partial charge on any atom is -0.502 e. The molecule has 1 heterocycles. The summed E-state index contributed by atoms with van der Waals surface area (Å²) in [5, 5.41) is 14.1. The Hall–Kier alpha value is -2.99. The van der Waals surface area contributed by atoms with Gasteiger partial charge in [-0.1, -0.05) is 47.1 Å². The van der Waals surface area contributed by atoms with Crippen LogP contribution < -0.4 is 9.47 Å².